The first kappa shape index (κ1) is 23.6. The predicted molar refractivity (Wildman–Crippen MR) is 97.4 cm³/mol. The average Bonchev–Trinajstić information content (AvgIpc) is 2.56. The van der Waals surface area contributed by atoms with E-state index >= 15 is 0 Å². The second kappa shape index (κ2) is 12.8. The SMILES string of the molecule is CC.CC.CCc1c(F)c(F)cc(/C=C/O)c1C(=NC)C(C)C. The van der Waals surface area contributed by atoms with E-state index in [9.17, 15) is 8.78 Å². The monoisotopic (exact) mass is 327 g/mol. The van der Waals surface area contributed by atoms with Crippen LogP contribution in [0.5, 0.6) is 0 Å². The minimum absolute atomic E-state index is 0.0750. The predicted octanol–water partition coefficient (Wildman–Crippen LogP) is 6.18. The van der Waals surface area contributed by atoms with Gasteiger partial charge in [-0.15, -0.1) is 0 Å². The molecule has 0 aliphatic heterocycles. The molecule has 0 aliphatic carbocycles. The van der Waals surface area contributed by atoms with E-state index in [1.54, 1.807) is 14.0 Å². The van der Waals surface area contributed by atoms with Gasteiger partial charge in [0.25, 0.3) is 0 Å². The fourth-order valence-electron chi connectivity index (χ4n) is 2.21. The third kappa shape index (κ3) is 6.12. The summed E-state index contributed by atoms with van der Waals surface area (Å²) >= 11 is 0. The Morgan fingerprint density at radius 2 is 1.74 bits per heavy atom. The molecule has 0 saturated carbocycles. The molecule has 1 N–H and O–H groups in total. The van der Waals surface area contributed by atoms with Gasteiger partial charge >= 0.3 is 0 Å². The third-order valence-corrected chi connectivity index (χ3v) is 3.00. The smallest absolute Gasteiger partial charge is 0.162 e. The second-order valence-electron chi connectivity index (χ2n) is 4.55. The summed E-state index contributed by atoms with van der Waals surface area (Å²) in [6.45, 7) is 13.6. The topological polar surface area (TPSA) is 32.6 Å². The van der Waals surface area contributed by atoms with Gasteiger partial charge in [0.05, 0.1) is 6.26 Å². The normalized spacial score (nSPS) is 11.0. The molecular weight excluding hydrogens is 296 g/mol. The van der Waals surface area contributed by atoms with Gasteiger partial charge in [-0.25, -0.2) is 8.78 Å². The molecule has 0 saturated heterocycles. The zero-order valence-electron chi connectivity index (χ0n) is 15.7. The molecular formula is C19H31F2NO. The van der Waals surface area contributed by atoms with Gasteiger partial charge in [0, 0.05) is 23.9 Å². The van der Waals surface area contributed by atoms with E-state index in [-0.39, 0.29) is 5.92 Å². The molecule has 0 fully saturated rings. The summed E-state index contributed by atoms with van der Waals surface area (Å²) in [5.41, 5.74) is 2.00. The summed E-state index contributed by atoms with van der Waals surface area (Å²) in [5, 5.41) is 8.92. The van der Waals surface area contributed by atoms with E-state index in [1.807, 2.05) is 41.5 Å². The number of hydrogen-bond acceptors (Lipinski definition) is 2. The molecule has 0 atom stereocenters. The van der Waals surface area contributed by atoms with Crippen molar-refractivity contribution >= 4 is 11.8 Å². The van der Waals surface area contributed by atoms with Crippen molar-refractivity contribution in [2.75, 3.05) is 7.05 Å². The van der Waals surface area contributed by atoms with Gasteiger partial charge < -0.3 is 5.11 Å². The first-order valence-corrected chi connectivity index (χ1v) is 8.26. The lowest BCUT2D eigenvalue weighted by molar-refractivity contribution is 0.477. The van der Waals surface area contributed by atoms with Gasteiger partial charge in [-0.05, 0) is 30.0 Å². The van der Waals surface area contributed by atoms with Crippen LogP contribution in [-0.4, -0.2) is 17.9 Å². The van der Waals surface area contributed by atoms with Crippen molar-refractivity contribution in [1.82, 2.24) is 0 Å². The van der Waals surface area contributed by atoms with Crippen LogP contribution in [0.15, 0.2) is 17.3 Å². The molecule has 1 aromatic carbocycles. The molecule has 1 rings (SSSR count). The summed E-state index contributed by atoms with van der Waals surface area (Å²) in [4.78, 5) is 4.19. The lowest BCUT2D eigenvalue weighted by Crippen LogP contribution is -2.16. The van der Waals surface area contributed by atoms with Gasteiger partial charge in [-0.3, -0.25) is 4.99 Å². The van der Waals surface area contributed by atoms with Gasteiger partial charge in [0.2, 0.25) is 0 Å². The van der Waals surface area contributed by atoms with E-state index in [4.69, 9.17) is 5.11 Å². The van der Waals surface area contributed by atoms with Crippen LogP contribution >= 0.6 is 0 Å². The molecule has 0 aromatic heterocycles. The van der Waals surface area contributed by atoms with Crippen molar-refractivity contribution in [1.29, 1.82) is 0 Å². The largest absolute Gasteiger partial charge is 0.516 e. The maximum Gasteiger partial charge on any atom is 0.162 e. The van der Waals surface area contributed by atoms with E-state index in [2.05, 4.69) is 4.99 Å². The van der Waals surface area contributed by atoms with Crippen molar-refractivity contribution in [2.24, 2.45) is 10.9 Å². The fraction of sp³-hybridized carbons (Fsp3) is 0.526. The standard InChI is InChI=1S/C15H19F2NO.2C2H6/c1-5-11-13(15(18-4)9(2)3)10(6-7-19)8-12(16)14(11)17;2*1-2/h6-9,19H,5H2,1-4H3;2*1-2H3/b7-6+,18-15?;;. The zero-order valence-corrected chi connectivity index (χ0v) is 15.7. The minimum atomic E-state index is -0.909. The van der Waals surface area contributed by atoms with Crippen LogP contribution in [0.2, 0.25) is 0 Å². The summed E-state index contributed by atoms with van der Waals surface area (Å²) < 4.78 is 27.5. The number of aliphatic hydroxyl groups excluding tert-OH is 1. The summed E-state index contributed by atoms with van der Waals surface area (Å²) in [5.74, 6) is -1.67. The Kier molecular flexibility index (Phi) is 13.1. The van der Waals surface area contributed by atoms with Gasteiger partial charge in [0.1, 0.15) is 0 Å². The van der Waals surface area contributed by atoms with Gasteiger partial charge in [0.15, 0.2) is 11.6 Å². The highest BCUT2D eigenvalue weighted by atomic mass is 19.2. The molecule has 132 valence electrons. The number of aliphatic imine (C=N–C) groups is 1. The summed E-state index contributed by atoms with van der Waals surface area (Å²) in [6, 6.07) is 1.09. The van der Waals surface area contributed by atoms with Crippen molar-refractivity contribution in [3.63, 3.8) is 0 Å². The Morgan fingerprint density at radius 1 is 1.22 bits per heavy atom. The number of rotatable bonds is 4. The number of hydrogen-bond donors (Lipinski definition) is 1. The highest BCUT2D eigenvalue weighted by Crippen LogP contribution is 2.26. The van der Waals surface area contributed by atoms with Crippen LogP contribution in [-0.2, 0) is 6.42 Å². The van der Waals surface area contributed by atoms with Crippen LogP contribution in [0.1, 0.15) is 65.2 Å². The first-order chi connectivity index (χ1) is 11.0. The Bertz CT molecular complexity index is 521. The van der Waals surface area contributed by atoms with E-state index in [1.165, 1.54) is 6.08 Å². The van der Waals surface area contributed by atoms with Crippen LogP contribution in [0.25, 0.3) is 6.08 Å². The highest BCUT2D eigenvalue weighted by molar-refractivity contribution is 6.05. The minimum Gasteiger partial charge on any atom is -0.516 e. The molecule has 0 radical (unpaired) electrons. The summed E-state index contributed by atoms with van der Waals surface area (Å²) in [6.07, 6.45) is 2.53. The molecule has 1 aromatic rings. The van der Waals surface area contributed by atoms with Gasteiger partial charge in [-0.1, -0.05) is 48.5 Å². The molecule has 4 heteroatoms. The van der Waals surface area contributed by atoms with E-state index < -0.39 is 11.6 Å². The number of nitrogens with zero attached hydrogens (tertiary/aromatic N) is 1. The lowest BCUT2D eigenvalue weighted by atomic mass is 9.89. The second-order valence-corrected chi connectivity index (χ2v) is 4.55. The average molecular weight is 327 g/mol. The molecule has 0 spiro atoms. The Morgan fingerprint density at radius 3 is 2.09 bits per heavy atom. The first-order valence-electron chi connectivity index (χ1n) is 8.26. The van der Waals surface area contributed by atoms with Crippen LogP contribution in [0.3, 0.4) is 0 Å². The van der Waals surface area contributed by atoms with Crippen molar-refractivity contribution in [2.45, 2.75) is 54.9 Å². The molecule has 0 bridgehead atoms. The van der Waals surface area contributed by atoms with Crippen LogP contribution < -0.4 is 0 Å². The molecule has 0 aliphatic rings. The zero-order chi connectivity index (χ0) is 18.6. The third-order valence-electron chi connectivity index (χ3n) is 3.00. The van der Waals surface area contributed by atoms with Crippen LogP contribution in [0, 0.1) is 17.6 Å². The van der Waals surface area contributed by atoms with E-state index in [0.29, 0.717) is 28.8 Å². The lowest BCUT2D eigenvalue weighted by Gasteiger charge is -2.18. The maximum atomic E-state index is 13.9. The van der Waals surface area contributed by atoms with Gasteiger partial charge in [-0.2, -0.15) is 0 Å². The number of benzene rings is 1. The highest BCUT2D eigenvalue weighted by Gasteiger charge is 2.21. The van der Waals surface area contributed by atoms with Crippen molar-refractivity contribution in [3.05, 3.63) is 40.7 Å². The molecule has 2 nitrogen and oxygen atoms in total. The maximum absolute atomic E-state index is 13.9. The Hall–Kier alpha value is -1.71. The molecule has 0 heterocycles. The molecule has 0 amide bonds. The number of halogens is 2. The quantitative estimate of drug-likeness (QED) is 0.519. The molecule has 0 unspecified atom stereocenters. The van der Waals surface area contributed by atoms with Crippen molar-refractivity contribution < 1.29 is 13.9 Å². The molecule has 23 heavy (non-hydrogen) atoms. The Labute approximate surface area is 140 Å². The van der Waals surface area contributed by atoms with Crippen LogP contribution in [0.4, 0.5) is 8.78 Å². The number of aliphatic hydroxyl groups is 1. The van der Waals surface area contributed by atoms with E-state index in [0.717, 1.165) is 12.3 Å². The summed E-state index contributed by atoms with van der Waals surface area (Å²) in [7, 11) is 1.63. The van der Waals surface area contributed by atoms with Crippen molar-refractivity contribution in [3.8, 4) is 0 Å². The fourth-order valence-corrected chi connectivity index (χ4v) is 2.21. The Balaban J connectivity index is 0.